The number of hydrogen-bond acceptors (Lipinski definition) is 5. The van der Waals surface area contributed by atoms with Crippen LogP contribution in [0.1, 0.15) is 44.2 Å². The topological polar surface area (TPSA) is 95.5 Å². The molecule has 0 atom stereocenters. The fraction of sp³-hybridized carbons (Fsp3) is 0.429. The second-order valence-electron chi connectivity index (χ2n) is 7.97. The zero-order valence-corrected chi connectivity index (χ0v) is 17.7. The predicted molar refractivity (Wildman–Crippen MR) is 114 cm³/mol. The lowest BCUT2D eigenvalue weighted by molar-refractivity contribution is -0.141. The van der Waals surface area contributed by atoms with Crippen molar-refractivity contribution in [3.05, 3.63) is 35.0 Å². The molecule has 2 aliphatic rings. The Bertz CT molecular complexity index is 1080. The van der Waals surface area contributed by atoms with Gasteiger partial charge in [-0.05, 0) is 49.9 Å². The molecule has 1 aromatic carbocycles. The van der Waals surface area contributed by atoms with Gasteiger partial charge in [0.25, 0.3) is 5.91 Å². The summed E-state index contributed by atoms with van der Waals surface area (Å²) in [5.74, 6) is -0.516. The molecule has 4 rings (SSSR count). The van der Waals surface area contributed by atoms with Crippen molar-refractivity contribution in [1.29, 1.82) is 0 Å². The third kappa shape index (κ3) is 5.12. The van der Waals surface area contributed by atoms with Crippen LogP contribution in [0.3, 0.4) is 0 Å². The molecular weight excluding hydrogens is 447 g/mol. The molecule has 170 valence electrons. The lowest BCUT2D eigenvalue weighted by Gasteiger charge is -2.31. The number of alkyl halides is 3. The van der Waals surface area contributed by atoms with Crippen molar-refractivity contribution in [2.45, 2.75) is 56.8 Å². The zero-order chi connectivity index (χ0) is 22.9. The highest BCUT2D eigenvalue weighted by atomic mass is 35.5. The summed E-state index contributed by atoms with van der Waals surface area (Å²) in [6.45, 7) is 0. The average Bonchev–Trinajstić information content (AvgIpc) is 2.75. The maximum absolute atomic E-state index is 13.3. The van der Waals surface area contributed by atoms with Crippen LogP contribution in [0.4, 0.5) is 18.9 Å². The number of rotatable bonds is 4. The Morgan fingerprint density at radius 2 is 1.81 bits per heavy atom. The van der Waals surface area contributed by atoms with E-state index in [1.54, 1.807) is 6.07 Å². The first-order valence-corrected chi connectivity index (χ1v) is 10.7. The summed E-state index contributed by atoms with van der Waals surface area (Å²) in [4.78, 5) is 27.2. The van der Waals surface area contributed by atoms with Gasteiger partial charge in [-0.1, -0.05) is 11.6 Å². The van der Waals surface area contributed by atoms with Crippen LogP contribution in [0.15, 0.2) is 29.4 Å². The molecule has 1 aliphatic carbocycles. The predicted octanol–water partition coefficient (Wildman–Crippen LogP) is 4.01. The third-order valence-corrected chi connectivity index (χ3v) is 5.88. The van der Waals surface area contributed by atoms with E-state index in [2.05, 4.69) is 26.1 Å². The molecule has 0 bridgehead atoms. The molecular formula is C21H21ClF3N5O2. The number of anilines is 1. The highest BCUT2D eigenvalue weighted by Crippen LogP contribution is 2.35. The Kier molecular flexibility index (Phi) is 6.23. The standard InChI is InChI=1S/C21H21ClF3N5O2/c22-11-1-6-15-14(9-11)17(10-18(28-15)21(23,24)25)26-12-2-4-13(5-3-12)27-20(32)16-7-8-19(31)30-29-16/h1,6,9-10,12-13H,2-5,7-8H2,(H,26,28)(H,27,32)(H,30,31). The van der Waals surface area contributed by atoms with E-state index in [1.807, 2.05) is 0 Å². The Hall–Kier alpha value is -2.88. The molecule has 1 saturated carbocycles. The number of amides is 2. The van der Waals surface area contributed by atoms with Gasteiger partial charge in [0.2, 0.25) is 5.91 Å². The summed E-state index contributed by atoms with van der Waals surface area (Å²) in [5.41, 5.74) is 2.19. The minimum absolute atomic E-state index is 0.0554. The fourth-order valence-electron chi connectivity index (χ4n) is 3.97. The molecule has 0 saturated heterocycles. The molecule has 0 spiro atoms. The smallest absolute Gasteiger partial charge is 0.382 e. The first-order valence-electron chi connectivity index (χ1n) is 10.3. The van der Waals surface area contributed by atoms with Crippen LogP contribution in [0, 0.1) is 0 Å². The molecule has 2 heterocycles. The van der Waals surface area contributed by atoms with E-state index in [-0.39, 0.29) is 35.8 Å². The van der Waals surface area contributed by atoms with Crippen LogP contribution >= 0.6 is 11.6 Å². The van der Waals surface area contributed by atoms with Crippen molar-refractivity contribution < 1.29 is 22.8 Å². The monoisotopic (exact) mass is 467 g/mol. The number of fused-ring (bicyclic) bond motifs is 1. The molecule has 11 heteroatoms. The first-order chi connectivity index (χ1) is 15.2. The Morgan fingerprint density at radius 1 is 1.09 bits per heavy atom. The highest BCUT2D eigenvalue weighted by molar-refractivity contribution is 6.39. The summed E-state index contributed by atoms with van der Waals surface area (Å²) in [7, 11) is 0. The Morgan fingerprint density at radius 3 is 2.47 bits per heavy atom. The minimum Gasteiger partial charge on any atom is -0.382 e. The fourth-order valence-corrected chi connectivity index (χ4v) is 4.14. The number of nitrogens with one attached hydrogen (secondary N) is 3. The Labute approximate surface area is 186 Å². The van der Waals surface area contributed by atoms with Crippen molar-refractivity contribution in [2.24, 2.45) is 5.10 Å². The van der Waals surface area contributed by atoms with Crippen LogP contribution in [0.25, 0.3) is 10.9 Å². The van der Waals surface area contributed by atoms with E-state index in [9.17, 15) is 22.8 Å². The van der Waals surface area contributed by atoms with E-state index in [1.165, 1.54) is 12.1 Å². The first kappa shape index (κ1) is 22.3. The van der Waals surface area contributed by atoms with Crippen molar-refractivity contribution in [2.75, 3.05) is 5.32 Å². The maximum Gasteiger partial charge on any atom is 0.433 e. The van der Waals surface area contributed by atoms with E-state index >= 15 is 0 Å². The van der Waals surface area contributed by atoms with Gasteiger partial charge in [0.15, 0.2) is 0 Å². The summed E-state index contributed by atoms with van der Waals surface area (Å²) in [6.07, 6.45) is -1.37. The van der Waals surface area contributed by atoms with E-state index < -0.39 is 11.9 Å². The van der Waals surface area contributed by atoms with Crippen LogP contribution in [-0.2, 0) is 15.8 Å². The molecule has 2 aromatic rings. The number of carbonyl (C=O) groups is 2. The lowest BCUT2D eigenvalue weighted by Crippen LogP contribution is -2.44. The second kappa shape index (κ2) is 8.93. The van der Waals surface area contributed by atoms with E-state index in [0.29, 0.717) is 53.9 Å². The van der Waals surface area contributed by atoms with Gasteiger partial charge >= 0.3 is 6.18 Å². The van der Waals surface area contributed by atoms with Gasteiger partial charge in [0, 0.05) is 41.0 Å². The van der Waals surface area contributed by atoms with Gasteiger partial charge in [-0.2, -0.15) is 18.3 Å². The van der Waals surface area contributed by atoms with Gasteiger partial charge in [0.05, 0.1) is 5.52 Å². The molecule has 1 fully saturated rings. The quantitative estimate of drug-likeness (QED) is 0.633. The van der Waals surface area contributed by atoms with E-state index in [4.69, 9.17) is 11.6 Å². The number of halogens is 4. The highest BCUT2D eigenvalue weighted by Gasteiger charge is 2.34. The number of hydrazone groups is 1. The molecule has 0 radical (unpaired) electrons. The van der Waals surface area contributed by atoms with Crippen LogP contribution in [0.5, 0.6) is 0 Å². The maximum atomic E-state index is 13.3. The summed E-state index contributed by atoms with van der Waals surface area (Å²) >= 11 is 6.05. The number of aromatic nitrogens is 1. The number of pyridine rings is 1. The van der Waals surface area contributed by atoms with Crippen LogP contribution in [0.2, 0.25) is 5.02 Å². The Balaban J connectivity index is 1.42. The number of nitrogens with zero attached hydrogens (tertiary/aromatic N) is 2. The number of benzene rings is 1. The van der Waals surface area contributed by atoms with Gasteiger partial charge in [-0.15, -0.1) is 0 Å². The van der Waals surface area contributed by atoms with E-state index in [0.717, 1.165) is 6.07 Å². The number of carbonyl (C=O) groups excluding carboxylic acids is 2. The molecule has 1 aromatic heterocycles. The average molecular weight is 468 g/mol. The largest absolute Gasteiger partial charge is 0.433 e. The van der Waals surface area contributed by atoms with Gasteiger partial charge in [0.1, 0.15) is 11.4 Å². The second-order valence-corrected chi connectivity index (χ2v) is 8.41. The van der Waals surface area contributed by atoms with Gasteiger partial charge in [-0.3, -0.25) is 9.59 Å². The van der Waals surface area contributed by atoms with Gasteiger partial charge in [-0.25, -0.2) is 10.4 Å². The van der Waals surface area contributed by atoms with Crippen molar-refractivity contribution >= 4 is 45.7 Å². The lowest BCUT2D eigenvalue weighted by atomic mass is 9.90. The van der Waals surface area contributed by atoms with Crippen molar-refractivity contribution in [1.82, 2.24) is 15.7 Å². The van der Waals surface area contributed by atoms with Crippen molar-refractivity contribution in [3.8, 4) is 0 Å². The molecule has 2 amide bonds. The summed E-state index contributed by atoms with van der Waals surface area (Å²) < 4.78 is 39.9. The minimum atomic E-state index is -4.56. The SMILES string of the molecule is O=C1CCC(C(=O)NC2CCC(Nc3cc(C(F)(F)F)nc4ccc(Cl)cc34)CC2)=NN1. The normalized spacial score (nSPS) is 21.6. The third-order valence-electron chi connectivity index (χ3n) is 5.65. The molecule has 32 heavy (non-hydrogen) atoms. The van der Waals surface area contributed by atoms with Crippen LogP contribution < -0.4 is 16.1 Å². The molecule has 1 aliphatic heterocycles. The summed E-state index contributed by atoms with van der Waals surface area (Å²) in [5, 5.41) is 10.9. The number of hydrogen-bond donors (Lipinski definition) is 3. The molecule has 3 N–H and O–H groups in total. The molecule has 7 nitrogen and oxygen atoms in total. The summed E-state index contributed by atoms with van der Waals surface area (Å²) in [6, 6.07) is 5.48. The van der Waals surface area contributed by atoms with Crippen LogP contribution in [-0.4, -0.2) is 34.6 Å². The van der Waals surface area contributed by atoms with Gasteiger partial charge < -0.3 is 10.6 Å². The molecule has 0 unspecified atom stereocenters. The zero-order valence-electron chi connectivity index (χ0n) is 16.9. The van der Waals surface area contributed by atoms with Crippen molar-refractivity contribution in [3.63, 3.8) is 0 Å².